The quantitative estimate of drug-likeness (QED) is 0.569. The topological polar surface area (TPSA) is 113 Å². The third-order valence-electron chi connectivity index (χ3n) is 5.81. The van der Waals surface area contributed by atoms with Crippen LogP contribution in [0, 0.1) is 27.2 Å². The number of nitro benzene ring substituents is 2. The lowest BCUT2D eigenvalue weighted by Gasteiger charge is -2.26. The van der Waals surface area contributed by atoms with E-state index < -0.39 is 16.5 Å². The summed E-state index contributed by atoms with van der Waals surface area (Å²) in [6, 6.07) is 11.5. The average Bonchev–Trinajstić information content (AvgIpc) is 2.89. The first-order chi connectivity index (χ1) is 14.3. The molecule has 1 aliphatic heterocycles. The van der Waals surface area contributed by atoms with E-state index >= 15 is 0 Å². The lowest BCUT2D eigenvalue weighted by Crippen LogP contribution is -2.34. The zero-order chi connectivity index (χ0) is 21.8. The fourth-order valence-electron chi connectivity index (χ4n) is 4.01. The van der Waals surface area contributed by atoms with Crippen LogP contribution in [0.3, 0.4) is 0 Å². The zero-order valence-corrected chi connectivity index (χ0v) is 17.2. The maximum atomic E-state index is 11.8. The lowest BCUT2D eigenvalue weighted by atomic mass is 10.0. The molecule has 1 atom stereocenters. The Hall–Kier alpha value is -3.04. The van der Waals surface area contributed by atoms with Gasteiger partial charge in [-0.3, -0.25) is 25.1 Å². The van der Waals surface area contributed by atoms with Crippen molar-refractivity contribution >= 4 is 17.1 Å². The fraction of sp³-hybridized carbons (Fsp3) is 0.429. The highest BCUT2D eigenvalue weighted by molar-refractivity contribution is 5.79. The monoisotopic (exact) mass is 414 g/mol. The minimum atomic E-state index is -0.600. The molecule has 1 saturated heterocycles. The largest absolute Gasteiger partial charge is 0.392 e. The number of aliphatic hydroxyl groups excluding tert-OH is 1. The highest BCUT2D eigenvalue weighted by atomic mass is 16.6. The van der Waals surface area contributed by atoms with Gasteiger partial charge in [-0.1, -0.05) is 30.3 Å². The van der Waals surface area contributed by atoms with Crippen molar-refractivity contribution in [3.8, 4) is 0 Å². The molecule has 30 heavy (non-hydrogen) atoms. The van der Waals surface area contributed by atoms with E-state index in [1.165, 1.54) is 18.6 Å². The molecule has 2 aromatic carbocycles. The zero-order valence-electron chi connectivity index (χ0n) is 17.2. The number of nitro groups is 2. The molecule has 0 radical (unpaired) electrons. The normalized spacial score (nSPS) is 17.6. The molecule has 0 saturated carbocycles. The van der Waals surface area contributed by atoms with Crippen LogP contribution >= 0.6 is 0 Å². The predicted molar refractivity (Wildman–Crippen MR) is 114 cm³/mol. The van der Waals surface area contributed by atoms with Gasteiger partial charge < -0.3 is 10.0 Å². The number of hydrogen-bond acceptors (Lipinski definition) is 7. The number of hydrogen-bond donors (Lipinski definition) is 1. The van der Waals surface area contributed by atoms with Crippen LogP contribution in [0.2, 0.25) is 0 Å². The number of benzene rings is 2. The first kappa shape index (κ1) is 21.7. The Morgan fingerprint density at radius 1 is 1.10 bits per heavy atom. The maximum Gasteiger partial charge on any atom is 0.302 e. The van der Waals surface area contributed by atoms with Gasteiger partial charge in [0.1, 0.15) is 0 Å². The van der Waals surface area contributed by atoms with Gasteiger partial charge in [-0.2, -0.15) is 0 Å². The van der Waals surface area contributed by atoms with Crippen molar-refractivity contribution in [2.24, 2.45) is 0 Å². The van der Waals surface area contributed by atoms with Crippen LogP contribution in [0.5, 0.6) is 0 Å². The van der Waals surface area contributed by atoms with Crippen molar-refractivity contribution in [2.75, 3.05) is 24.5 Å². The molecule has 3 rings (SSSR count). The second-order valence-electron chi connectivity index (χ2n) is 7.63. The first-order valence-corrected chi connectivity index (χ1v) is 9.92. The van der Waals surface area contributed by atoms with Crippen molar-refractivity contribution in [3.63, 3.8) is 0 Å². The van der Waals surface area contributed by atoms with Gasteiger partial charge in [-0.05, 0) is 31.4 Å². The number of nitrogens with zero attached hydrogens (tertiary/aromatic N) is 4. The lowest BCUT2D eigenvalue weighted by molar-refractivity contribution is -0.393. The van der Waals surface area contributed by atoms with E-state index in [1.807, 2.05) is 18.2 Å². The smallest absolute Gasteiger partial charge is 0.302 e. The van der Waals surface area contributed by atoms with E-state index in [-0.39, 0.29) is 34.2 Å². The summed E-state index contributed by atoms with van der Waals surface area (Å²) in [5, 5.41) is 33.1. The third kappa shape index (κ3) is 4.42. The van der Waals surface area contributed by atoms with Gasteiger partial charge in [-0.15, -0.1) is 0 Å². The van der Waals surface area contributed by atoms with Crippen LogP contribution in [0.4, 0.5) is 17.1 Å². The molecule has 0 spiro atoms. The molecule has 1 aliphatic rings. The Morgan fingerprint density at radius 3 is 2.40 bits per heavy atom. The Morgan fingerprint density at radius 2 is 1.80 bits per heavy atom. The Balaban J connectivity index is 1.96. The number of anilines is 1. The summed E-state index contributed by atoms with van der Waals surface area (Å²) < 4.78 is 0. The third-order valence-corrected chi connectivity index (χ3v) is 5.81. The highest BCUT2D eigenvalue weighted by Crippen LogP contribution is 2.42. The van der Waals surface area contributed by atoms with Gasteiger partial charge in [0.15, 0.2) is 5.69 Å². The molecule has 9 nitrogen and oxygen atoms in total. The highest BCUT2D eigenvalue weighted by Gasteiger charge is 2.35. The molecular formula is C21H26N4O5. The van der Waals surface area contributed by atoms with Crippen molar-refractivity contribution in [1.29, 1.82) is 0 Å². The maximum absolute atomic E-state index is 11.8. The summed E-state index contributed by atoms with van der Waals surface area (Å²) >= 11 is 0. The van der Waals surface area contributed by atoms with Gasteiger partial charge in [-0.25, -0.2) is 0 Å². The van der Waals surface area contributed by atoms with Crippen molar-refractivity contribution < 1.29 is 15.0 Å². The van der Waals surface area contributed by atoms with Crippen LogP contribution in [0.1, 0.15) is 30.0 Å². The minimum absolute atomic E-state index is 0.0356. The molecule has 1 unspecified atom stereocenters. The van der Waals surface area contributed by atoms with Crippen molar-refractivity contribution in [1.82, 2.24) is 4.90 Å². The Bertz CT molecular complexity index is 935. The summed E-state index contributed by atoms with van der Waals surface area (Å²) in [4.78, 5) is 26.5. The van der Waals surface area contributed by atoms with E-state index in [0.29, 0.717) is 19.6 Å². The summed E-state index contributed by atoms with van der Waals surface area (Å²) in [7, 11) is 0. The Labute approximate surface area is 174 Å². The fourth-order valence-corrected chi connectivity index (χ4v) is 4.01. The van der Waals surface area contributed by atoms with Crippen LogP contribution in [0.15, 0.2) is 36.4 Å². The molecule has 0 aliphatic carbocycles. The molecule has 1 heterocycles. The number of rotatable bonds is 6. The molecule has 9 heteroatoms. The average molecular weight is 414 g/mol. The van der Waals surface area contributed by atoms with Gasteiger partial charge in [0.05, 0.1) is 16.5 Å². The van der Waals surface area contributed by atoms with Gasteiger partial charge in [0, 0.05) is 43.9 Å². The van der Waals surface area contributed by atoms with E-state index in [4.69, 9.17) is 0 Å². The SMILES string of the molecule is Cc1c(CO)cc([N+](=O)[O-])c(N2CCC(C)N(Cc3ccccc3)CC2)c1[N+](=O)[O-]. The van der Waals surface area contributed by atoms with Gasteiger partial charge in [0.25, 0.3) is 5.69 Å². The second-order valence-corrected chi connectivity index (χ2v) is 7.63. The predicted octanol–water partition coefficient (Wildman–Crippen LogP) is 3.40. The van der Waals surface area contributed by atoms with E-state index in [1.54, 1.807) is 4.90 Å². The second kappa shape index (κ2) is 9.19. The molecule has 1 fully saturated rings. The molecule has 1 N–H and O–H groups in total. The standard InChI is InChI=1S/C21H26N4O5/c1-15-8-9-22(10-11-23(15)13-17-6-4-3-5-7-17)21-19(24(27)28)12-18(14-26)16(2)20(21)25(29)30/h3-7,12,15,26H,8-11,13-14H2,1-2H3. The number of aliphatic hydroxyl groups is 1. The van der Waals surface area contributed by atoms with Gasteiger partial charge in [0.2, 0.25) is 0 Å². The summed E-state index contributed by atoms with van der Waals surface area (Å²) in [5.41, 5.74) is 1.05. The molecule has 2 aromatic rings. The summed E-state index contributed by atoms with van der Waals surface area (Å²) in [6.07, 6.45) is 0.724. The summed E-state index contributed by atoms with van der Waals surface area (Å²) in [6.45, 7) is 5.45. The molecular weight excluding hydrogens is 388 g/mol. The molecule has 0 amide bonds. The first-order valence-electron chi connectivity index (χ1n) is 9.92. The van der Waals surface area contributed by atoms with Crippen molar-refractivity contribution in [2.45, 2.75) is 39.5 Å². The van der Waals surface area contributed by atoms with Crippen LogP contribution in [-0.4, -0.2) is 45.5 Å². The van der Waals surface area contributed by atoms with Gasteiger partial charge >= 0.3 is 5.69 Å². The van der Waals surface area contributed by atoms with Crippen LogP contribution in [-0.2, 0) is 13.2 Å². The Kier molecular flexibility index (Phi) is 6.63. The molecule has 160 valence electrons. The molecule has 0 bridgehead atoms. The van der Waals surface area contributed by atoms with E-state index in [9.17, 15) is 25.3 Å². The van der Waals surface area contributed by atoms with Crippen molar-refractivity contribution in [3.05, 3.63) is 73.3 Å². The molecule has 0 aromatic heterocycles. The van der Waals surface area contributed by atoms with Crippen LogP contribution in [0.25, 0.3) is 0 Å². The van der Waals surface area contributed by atoms with E-state index in [2.05, 4.69) is 24.0 Å². The van der Waals surface area contributed by atoms with Crippen LogP contribution < -0.4 is 4.90 Å². The van der Waals surface area contributed by atoms with E-state index in [0.717, 1.165) is 13.0 Å². The minimum Gasteiger partial charge on any atom is -0.392 e. The summed E-state index contributed by atoms with van der Waals surface area (Å²) in [5.74, 6) is 0.